The molecule has 0 radical (unpaired) electrons. The monoisotopic (exact) mass is 306 g/mol. The quantitative estimate of drug-likeness (QED) is 0.865. The highest BCUT2D eigenvalue weighted by Crippen LogP contribution is 2.18. The van der Waals surface area contributed by atoms with Crippen molar-refractivity contribution in [3.05, 3.63) is 29.8 Å². The summed E-state index contributed by atoms with van der Waals surface area (Å²) >= 11 is 0. The molecule has 0 spiro atoms. The highest BCUT2D eigenvalue weighted by atomic mass is 16.6. The predicted molar refractivity (Wildman–Crippen MR) is 81.8 cm³/mol. The van der Waals surface area contributed by atoms with E-state index < -0.39 is 0 Å². The zero-order valence-electron chi connectivity index (χ0n) is 12.8. The van der Waals surface area contributed by atoms with E-state index in [1.807, 2.05) is 6.92 Å². The topological polar surface area (TPSA) is 70.1 Å². The standard InChI is InChI=1S/C16H22N2O4/c1-2-3-12-22-16(21)18-10-8-17(9-11-18)15(20)13-6-4-5-7-14(13)19/h4-7,19H,2-3,8-12H2,1H3. The summed E-state index contributed by atoms with van der Waals surface area (Å²) in [5.41, 5.74) is 0.293. The summed E-state index contributed by atoms with van der Waals surface area (Å²) in [5.74, 6) is -0.231. The molecule has 0 bridgehead atoms. The third-order valence-electron chi connectivity index (χ3n) is 3.68. The molecule has 6 nitrogen and oxygen atoms in total. The molecular weight excluding hydrogens is 284 g/mol. The number of hydrogen-bond acceptors (Lipinski definition) is 4. The van der Waals surface area contributed by atoms with Gasteiger partial charge in [0.15, 0.2) is 0 Å². The fraction of sp³-hybridized carbons (Fsp3) is 0.500. The Labute approximate surface area is 130 Å². The summed E-state index contributed by atoms with van der Waals surface area (Å²) in [4.78, 5) is 27.4. The van der Waals surface area contributed by atoms with Gasteiger partial charge in [-0.1, -0.05) is 25.5 Å². The maximum atomic E-state index is 12.3. The van der Waals surface area contributed by atoms with E-state index in [4.69, 9.17) is 4.74 Å². The van der Waals surface area contributed by atoms with Gasteiger partial charge in [-0.2, -0.15) is 0 Å². The summed E-state index contributed by atoms with van der Waals surface area (Å²) in [6.45, 7) is 4.25. The molecule has 1 heterocycles. The Kier molecular flexibility index (Phi) is 5.63. The summed E-state index contributed by atoms with van der Waals surface area (Å²) in [7, 11) is 0. The number of amides is 2. The van der Waals surface area contributed by atoms with E-state index in [1.54, 1.807) is 28.0 Å². The molecule has 0 aromatic heterocycles. The molecule has 2 rings (SSSR count). The van der Waals surface area contributed by atoms with Crippen LogP contribution < -0.4 is 0 Å². The molecule has 0 unspecified atom stereocenters. The molecule has 2 amide bonds. The van der Waals surface area contributed by atoms with Gasteiger partial charge in [0.05, 0.1) is 12.2 Å². The molecule has 0 saturated carbocycles. The van der Waals surface area contributed by atoms with Crippen LogP contribution in [0.4, 0.5) is 4.79 Å². The van der Waals surface area contributed by atoms with E-state index in [0.717, 1.165) is 12.8 Å². The normalized spacial score (nSPS) is 14.8. The maximum absolute atomic E-state index is 12.3. The van der Waals surface area contributed by atoms with Crippen molar-refractivity contribution in [2.45, 2.75) is 19.8 Å². The third kappa shape index (κ3) is 3.90. The van der Waals surface area contributed by atoms with Crippen LogP contribution in [0, 0.1) is 0 Å². The first-order chi connectivity index (χ1) is 10.6. The molecular formula is C16H22N2O4. The highest BCUT2D eigenvalue weighted by molar-refractivity contribution is 5.96. The van der Waals surface area contributed by atoms with Gasteiger partial charge in [-0.05, 0) is 18.6 Å². The Morgan fingerprint density at radius 1 is 1.14 bits per heavy atom. The first-order valence-corrected chi connectivity index (χ1v) is 7.62. The van der Waals surface area contributed by atoms with Crippen molar-refractivity contribution in [3.63, 3.8) is 0 Å². The molecule has 1 aliphatic heterocycles. The number of benzene rings is 1. The zero-order chi connectivity index (χ0) is 15.9. The number of nitrogens with zero attached hydrogens (tertiary/aromatic N) is 2. The van der Waals surface area contributed by atoms with Crippen molar-refractivity contribution in [2.24, 2.45) is 0 Å². The SMILES string of the molecule is CCCCOC(=O)N1CCN(C(=O)c2ccccc2O)CC1. The van der Waals surface area contributed by atoms with Crippen LogP contribution in [0.5, 0.6) is 5.75 Å². The second-order valence-electron chi connectivity index (χ2n) is 5.26. The van der Waals surface area contributed by atoms with E-state index >= 15 is 0 Å². The Bertz CT molecular complexity index is 525. The number of para-hydroxylation sites is 1. The van der Waals surface area contributed by atoms with Gasteiger partial charge >= 0.3 is 6.09 Å². The van der Waals surface area contributed by atoms with E-state index in [2.05, 4.69) is 0 Å². The summed E-state index contributed by atoms with van der Waals surface area (Å²) in [6, 6.07) is 6.49. The number of aromatic hydroxyl groups is 1. The van der Waals surface area contributed by atoms with Gasteiger partial charge < -0.3 is 19.6 Å². The highest BCUT2D eigenvalue weighted by Gasteiger charge is 2.26. The Balaban J connectivity index is 1.85. The fourth-order valence-corrected chi connectivity index (χ4v) is 2.31. The van der Waals surface area contributed by atoms with Gasteiger partial charge in [0, 0.05) is 26.2 Å². The van der Waals surface area contributed by atoms with Gasteiger partial charge in [0.2, 0.25) is 0 Å². The van der Waals surface area contributed by atoms with Gasteiger partial charge in [0.25, 0.3) is 5.91 Å². The zero-order valence-corrected chi connectivity index (χ0v) is 12.8. The number of hydrogen-bond donors (Lipinski definition) is 1. The largest absolute Gasteiger partial charge is 0.507 e. The number of phenolic OH excluding ortho intramolecular Hbond substituents is 1. The molecule has 1 aliphatic rings. The van der Waals surface area contributed by atoms with Gasteiger partial charge in [-0.3, -0.25) is 4.79 Å². The lowest BCUT2D eigenvalue weighted by Crippen LogP contribution is -2.50. The smallest absolute Gasteiger partial charge is 0.409 e. The predicted octanol–water partition coefficient (Wildman–Crippen LogP) is 2.09. The lowest BCUT2D eigenvalue weighted by atomic mass is 10.1. The number of piperazine rings is 1. The molecule has 22 heavy (non-hydrogen) atoms. The average Bonchev–Trinajstić information content (AvgIpc) is 2.55. The average molecular weight is 306 g/mol. The molecule has 120 valence electrons. The van der Waals surface area contributed by atoms with Crippen LogP contribution in [-0.2, 0) is 4.74 Å². The van der Waals surface area contributed by atoms with Crippen molar-refractivity contribution in [2.75, 3.05) is 32.8 Å². The Morgan fingerprint density at radius 2 is 1.77 bits per heavy atom. The number of rotatable bonds is 4. The van der Waals surface area contributed by atoms with Crippen LogP contribution in [-0.4, -0.2) is 59.7 Å². The number of phenols is 1. The molecule has 1 saturated heterocycles. The van der Waals surface area contributed by atoms with Gasteiger partial charge in [0.1, 0.15) is 5.75 Å². The second-order valence-corrected chi connectivity index (χ2v) is 5.26. The first-order valence-electron chi connectivity index (χ1n) is 7.62. The van der Waals surface area contributed by atoms with E-state index in [1.165, 1.54) is 6.07 Å². The number of carbonyl (C=O) groups excluding carboxylic acids is 2. The summed E-state index contributed by atoms with van der Waals surface area (Å²) in [6.07, 6.45) is 1.52. The van der Waals surface area contributed by atoms with Crippen molar-refractivity contribution in [1.29, 1.82) is 0 Å². The molecule has 0 aliphatic carbocycles. The van der Waals surface area contributed by atoms with Crippen LogP contribution in [0.1, 0.15) is 30.1 Å². The van der Waals surface area contributed by atoms with Gasteiger partial charge in [-0.15, -0.1) is 0 Å². The maximum Gasteiger partial charge on any atom is 0.409 e. The molecule has 1 fully saturated rings. The van der Waals surface area contributed by atoms with Crippen molar-refractivity contribution >= 4 is 12.0 Å². The molecule has 1 aromatic carbocycles. The van der Waals surface area contributed by atoms with Crippen LogP contribution >= 0.6 is 0 Å². The van der Waals surface area contributed by atoms with Gasteiger partial charge in [-0.25, -0.2) is 4.79 Å². The van der Waals surface area contributed by atoms with Crippen molar-refractivity contribution in [3.8, 4) is 5.75 Å². The first kappa shape index (κ1) is 16.1. The number of unbranched alkanes of at least 4 members (excludes halogenated alkanes) is 1. The summed E-state index contributed by atoms with van der Waals surface area (Å²) in [5, 5.41) is 9.74. The van der Waals surface area contributed by atoms with Crippen LogP contribution in [0.25, 0.3) is 0 Å². The molecule has 6 heteroatoms. The van der Waals surface area contributed by atoms with Crippen molar-refractivity contribution in [1.82, 2.24) is 9.80 Å². The van der Waals surface area contributed by atoms with Crippen LogP contribution in [0.2, 0.25) is 0 Å². The number of carbonyl (C=O) groups is 2. The number of ether oxygens (including phenoxy) is 1. The lowest BCUT2D eigenvalue weighted by Gasteiger charge is -2.34. The molecule has 1 N–H and O–H groups in total. The van der Waals surface area contributed by atoms with Crippen molar-refractivity contribution < 1.29 is 19.4 Å². The second kappa shape index (κ2) is 7.68. The van der Waals surface area contributed by atoms with Crippen LogP contribution in [0.3, 0.4) is 0 Å². The van der Waals surface area contributed by atoms with E-state index in [-0.39, 0.29) is 17.7 Å². The third-order valence-corrected chi connectivity index (χ3v) is 3.68. The van der Waals surface area contributed by atoms with E-state index in [0.29, 0.717) is 38.3 Å². The fourth-order valence-electron chi connectivity index (χ4n) is 2.31. The lowest BCUT2D eigenvalue weighted by molar-refractivity contribution is 0.0555. The minimum absolute atomic E-state index is 0.0195. The molecule has 1 aromatic rings. The molecule has 0 atom stereocenters. The van der Waals surface area contributed by atoms with E-state index in [9.17, 15) is 14.7 Å². The minimum Gasteiger partial charge on any atom is -0.507 e. The Morgan fingerprint density at radius 3 is 2.41 bits per heavy atom. The Hall–Kier alpha value is -2.24. The summed E-state index contributed by atoms with van der Waals surface area (Å²) < 4.78 is 5.16. The van der Waals surface area contributed by atoms with Crippen LogP contribution in [0.15, 0.2) is 24.3 Å². The minimum atomic E-state index is -0.317.